The van der Waals surface area contributed by atoms with Crippen LogP contribution < -0.4 is 5.32 Å². The summed E-state index contributed by atoms with van der Waals surface area (Å²) in [4.78, 5) is 26.7. The van der Waals surface area contributed by atoms with Crippen LogP contribution in [0.25, 0.3) is 0 Å². The number of thiophene rings is 1. The third-order valence-corrected chi connectivity index (χ3v) is 8.82. The van der Waals surface area contributed by atoms with E-state index in [0.717, 1.165) is 29.7 Å². The Labute approximate surface area is 187 Å². The van der Waals surface area contributed by atoms with Crippen molar-refractivity contribution in [2.24, 2.45) is 5.92 Å². The van der Waals surface area contributed by atoms with Crippen molar-refractivity contribution in [3.05, 3.63) is 45.8 Å². The number of hydrogen-bond acceptors (Lipinski definition) is 6. The quantitative estimate of drug-likeness (QED) is 0.614. The molecule has 0 aliphatic heterocycles. The second kappa shape index (κ2) is 9.53. The average molecular weight is 464 g/mol. The second-order valence-corrected chi connectivity index (χ2v) is 11.8. The van der Waals surface area contributed by atoms with Crippen LogP contribution in [-0.2, 0) is 38.6 Å². The van der Waals surface area contributed by atoms with E-state index in [0.29, 0.717) is 22.0 Å². The lowest BCUT2D eigenvalue weighted by molar-refractivity contribution is -0.115. The summed E-state index contributed by atoms with van der Waals surface area (Å²) in [6.45, 7) is 7.51. The van der Waals surface area contributed by atoms with Crippen molar-refractivity contribution in [3.63, 3.8) is 0 Å². The fourth-order valence-corrected chi connectivity index (χ4v) is 6.16. The van der Waals surface area contributed by atoms with E-state index in [-0.39, 0.29) is 23.8 Å². The van der Waals surface area contributed by atoms with E-state index in [1.165, 1.54) is 23.5 Å². The van der Waals surface area contributed by atoms with Gasteiger partial charge in [-0.3, -0.25) is 4.79 Å². The molecule has 6 nitrogen and oxygen atoms in total. The Kier molecular flexibility index (Phi) is 7.21. The van der Waals surface area contributed by atoms with E-state index in [4.69, 9.17) is 4.74 Å². The van der Waals surface area contributed by atoms with Crippen LogP contribution in [0.3, 0.4) is 0 Å². The lowest BCUT2D eigenvalue weighted by atomic mass is 9.88. The number of amides is 1. The van der Waals surface area contributed by atoms with Gasteiger partial charge in [-0.15, -0.1) is 11.3 Å². The highest BCUT2D eigenvalue weighted by atomic mass is 32.2. The number of nitrogens with one attached hydrogen (secondary N) is 1. The molecule has 0 saturated carbocycles. The summed E-state index contributed by atoms with van der Waals surface area (Å²) in [7, 11) is -3.35. The molecule has 1 N–H and O–H groups in total. The molecule has 1 atom stereocenters. The molecule has 0 radical (unpaired) electrons. The van der Waals surface area contributed by atoms with Gasteiger partial charge < -0.3 is 10.1 Å². The van der Waals surface area contributed by atoms with Crippen molar-refractivity contribution in [2.75, 3.05) is 11.9 Å². The second-order valence-electron chi connectivity index (χ2n) is 8.24. The van der Waals surface area contributed by atoms with Crippen LogP contribution in [0.2, 0.25) is 0 Å². The first-order valence-corrected chi connectivity index (χ1v) is 12.9. The molecule has 2 aromatic rings. The molecule has 1 aromatic heterocycles. The van der Waals surface area contributed by atoms with Gasteiger partial charge in [0.1, 0.15) is 5.00 Å². The molecule has 0 bridgehead atoms. The Balaban J connectivity index is 1.78. The lowest BCUT2D eigenvalue weighted by Crippen LogP contribution is -2.18. The molecule has 31 heavy (non-hydrogen) atoms. The first-order valence-electron chi connectivity index (χ1n) is 10.6. The van der Waals surface area contributed by atoms with Gasteiger partial charge in [0.05, 0.1) is 28.7 Å². The molecule has 8 heteroatoms. The van der Waals surface area contributed by atoms with Crippen molar-refractivity contribution >= 4 is 38.1 Å². The minimum Gasteiger partial charge on any atom is -0.462 e. The van der Waals surface area contributed by atoms with Gasteiger partial charge in [-0.25, -0.2) is 13.2 Å². The number of anilines is 1. The molecular formula is C23H29NO5S2. The normalized spacial score (nSPS) is 16.1. The van der Waals surface area contributed by atoms with E-state index < -0.39 is 21.1 Å². The van der Waals surface area contributed by atoms with Crippen molar-refractivity contribution < 1.29 is 22.7 Å². The molecule has 1 aromatic carbocycles. The maximum Gasteiger partial charge on any atom is 0.341 e. The molecule has 168 valence electrons. The average Bonchev–Trinajstić information content (AvgIpc) is 3.05. The first-order chi connectivity index (χ1) is 14.6. The van der Waals surface area contributed by atoms with E-state index in [2.05, 4.69) is 12.2 Å². The van der Waals surface area contributed by atoms with E-state index in [9.17, 15) is 18.0 Å². The Bertz CT molecular complexity index is 1070. The van der Waals surface area contributed by atoms with Crippen molar-refractivity contribution in [3.8, 4) is 0 Å². The summed E-state index contributed by atoms with van der Waals surface area (Å²) >= 11 is 1.46. The minimum atomic E-state index is -3.35. The molecule has 0 spiro atoms. The van der Waals surface area contributed by atoms with Crippen molar-refractivity contribution in [1.29, 1.82) is 0 Å². The highest BCUT2D eigenvalue weighted by Gasteiger charge is 2.29. The molecule has 1 unspecified atom stereocenters. The molecular weight excluding hydrogens is 434 g/mol. The molecule has 1 aliphatic carbocycles. The standard InChI is InChI=1S/C23H29NO5S2/c1-5-29-23(26)21-18-11-6-15(4)12-19(18)30-22(21)24-20(25)13-16-7-9-17(10-8-16)31(27,28)14(2)3/h7-10,14-15H,5-6,11-13H2,1-4H3,(H,24,25). The maximum atomic E-state index is 12.7. The Morgan fingerprint density at radius 1 is 1.23 bits per heavy atom. The van der Waals surface area contributed by atoms with Gasteiger partial charge in [-0.05, 0) is 69.2 Å². The Morgan fingerprint density at radius 3 is 2.52 bits per heavy atom. The monoisotopic (exact) mass is 463 g/mol. The maximum absolute atomic E-state index is 12.7. The number of rotatable bonds is 7. The third kappa shape index (κ3) is 5.18. The minimum absolute atomic E-state index is 0.0865. The molecule has 1 amide bonds. The van der Waals surface area contributed by atoms with E-state index >= 15 is 0 Å². The Hall–Kier alpha value is -2.19. The van der Waals surface area contributed by atoms with Crippen LogP contribution in [0.4, 0.5) is 5.00 Å². The van der Waals surface area contributed by atoms with Gasteiger partial charge in [-0.1, -0.05) is 19.1 Å². The summed E-state index contributed by atoms with van der Waals surface area (Å²) in [6.07, 6.45) is 2.80. The van der Waals surface area contributed by atoms with Gasteiger partial charge in [0.2, 0.25) is 5.91 Å². The number of fused-ring (bicyclic) bond motifs is 1. The fourth-order valence-electron chi connectivity index (χ4n) is 3.68. The zero-order valence-corrected chi connectivity index (χ0v) is 20.0. The number of ether oxygens (including phenoxy) is 1. The van der Waals surface area contributed by atoms with Gasteiger partial charge in [0, 0.05) is 4.88 Å². The lowest BCUT2D eigenvalue weighted by Gasteiger charge is -2.18. The van der Waals surface area contributed by atoms with Crippen LogP contribution in [0.5, 0.6) is 0 Å². The molecule has 1 heterocycles. The summed E-state index contributed by atoms with van der Waals surface area (Å²) in [5.74, 6) is -0.102. The molecule has 3 rings (SSSR count). The topological polar surface area (TPSA) is 89.5 Å². The predicted octanol–water partition coefficient (Wildman–Crippen LogP) is 4.41. The van der Waals surface area contributed by atoms with Gasteiger partial charge in [0.25, 0.3) is 0 Å². The van der Waals surface area contributed by atoms with Crippen LogP contribution >= 0.6 is 11.3 Å². The summed E-state index contributed by atoms with van der Waals surface area (Å²) in [5.41, 5.74) is 2.19. The third-order valence-electron chi connectivity index (χ3n) is 5.48. The van der Waals surface area contributed by atoms with Crippen LogP contribution in [0, 0.1) is 5.92 Å². The van der Waals surface area contributed by atoms with Crippen LogP contribution in [0.15, 0.2) is 29.2 Å². The SMILES string of the molecule is CCOC(=O)c1c(NC(=O)Cc2ccc(S(=O)(=O)C(C)C)cc2)sc2c1CCC(C)C2. The first kappa shape index (κ1) is 23.5. The molecule has 1 aliphatic rings. The van der Waals surface area contributed by atoms with Crippen LogP contribution in [0.1, 0.15) is 60.5 Å². The molecule has 0 saturated heterocycles. The Morgan fingerprint density at radius 2 is 1.90 bits per heavy atom. The number of carbonyl (C=O) groups excluding carboxylic acids is 2. The summed E-state index contributed by atoms with van der Waals surface area (Å²) in [5, 5.41) is 2.93. The zero-order valence-electron chi connectivity index (χ0n) is 18.4. The number of hydrogen-bond donors (Lipinski definition) is 1. The molecule has 0 fully saturated rings. The largest absolute Gasteiger partial charge is 0.462 e. The van der Waals surface area contributed by atoms with Crippen LogP contribution in [-0.4, -0.2) is 32.2 Å². The fraction of sp³-hybridized carbons (Fsp3) is 0.478. The number of carbonyl (C=O) groups is 2. The predicted molar refractivity (Wildman–Crippen MR) is 123 cm³/mol. The smallest absolute Gasteiger partial charge is 0.341 e. The summed E-state index contributed by atoms with van der Waals surface area (Å²) in [6, 6.07) is 6.38. The van der Waals surface area contributed by atoms with Gasteiger partial charge in [-0.2, -0.15) is 0 Å². The highest BCUT2D eigenvalue weighted by molar-refractivity contribution is 7.92. The van der Waals surface area contributed by atoms with Crippen molar-refractivity contribution in [2.45, 2.75) is 63.5 Å². The number of benzene rings is 1. The van der Waals surface area contributed by atoms with E-state index in [1.807, 2.05) is 0 Å². The number of sulfone groups is 1. The van der Waals surface area contributed by atoms with Crippen molar-refractivity contribution in [1.82, 2.24) is 0 Å². The summed E-state index contributed by atoms with van der Waals surface area (Å²) < 4.78 is 29.8. The number of esters is 1. The highest BCUT2D eigenvalue weighted by Crippen LogP contribution is 2.40. The van der Waals surface area contributed by atoms with E-state index in [1.54, 1.807) is 32.9 Å². The van der Waals surface area contributed by atoms with Gasteiger partial charge in [0.15, 0.2) is 9.84 Å². The zero-order chi connectivity index (χ0) is 22.8. The van der Waals surface area contributed by atoms with Gasteiger partial charge >= 0.3 is 5.97 Å².